The molecule has 3 heterocycles. The van der Waals surface area contributed by atoms with Gasteiger partial charge in [0.25, 0.3) is 0 Å². The summed E-state index contributed by atoms with van der Waals surface area (Å²) in [6.07, 6.45) is 2.05. The summed E-state index contributed by atoms with van der Waals surface area (Å²) in [5.41, 5.74) is 7.99. The van der Waals surface area contributed by atoms with E-state index in [1.54, 1.807) is 7.11 Å². The summed E-state index contributed by atoms with van der Waals surface area (Å²) in [6, 6.07) is 28.4. The minimum Gasteiger partial charge on any atom is -0.493 e. The summed E-state index contributed by atoms with van der Waals surface area (Å²) in [4.78, 5) is 6.28. The molecule has 0 saturated carbocycles. The van der Waals surface area contributed by atoms with Crippen LogP contribution in [0, 0.1) is 0 Å². The maximum atomic E-state index is 6.38. The molecule has 4 nitrogen and oxygen atoms in total. The first kappa shape index (κ1) is 20.6. The molecule has 1 aromatic heterocycles. The Labute approximate surface area is 205 Å². The summed E-state index contributed by atoms with van der Waals surface area (Å²) in [6.45, 7) is 2.54. The fourth-order valence-electron chi connectivity index (χ4n) is 5.97. The second kappa shape index (κ2) is 8.17. The number of aromatic nitrogens is 1. The standard InChI is InChI=1S/C31H28N2O2/c1-34-30-15-23-12-13-33-18-28-26(24-8-4-5-9-27(24)32-28)16-29(33)25(23)17-31(30)35-19-20-10-11-21-6-2-3-7-22(21)14-20/h2-11,14-15,17,29,32H,12-13,16,18-19H2,1H3. The van der Waals surface area contributed by atoms with Crippen molar-refractivity contribution < 1.29 is 9.47 Å². The van der Waals surface area contributed by atoms with Gasteiger partial charge in [-0.2, -0.15) is 0 Å². The van der Waals surface area contributed by atoms with E-state index >= 15 is 0 Å². The zero-order valence-corrected chi connectivity index (χ0v) is 19.9. The molecular weight excluding hydrogens is 432 g/mol. The van der Waals surface area contributed by atoms with Crippen LogP contribution in [-0.2, 0) is 26.0 Å². The summed E-state index contributed by atoms with van der Waals surface area (Å²) in [5, 5.41) is 3.84. The number of methoxy groups -OCH3 is 1. The van der Waals surface area contributed by atoms with Crippen LogP contribution in [-0.4, -0.2) is 23.5 Å². The second-order valence-electron chi connectivity index (χ2n) is 9.74. The minimum absolute atomic E-state index is 0.361. The molecule has 0 saturated heterocycles. The number of fused-ring (bicyclic) bond motifs is 7. The first-order valence-electron chi connectivity index (χ1n) is 12.4. The number of rotatable bonds is 4. The molecule has 0 spiro atoms. The van der Waals surface area contributed by atoms with Gasteiger partial charge < -0.3 is 14.5 Å². The third-order valence-electron chi connectivity index (χ3n) is 7.76. The lowest BCUT2D eigenvalue weighted by Crippen LogP contribution is -2.39. The molecule has 4 aromatic carbocycles. The smallest absolute Gasteiger partial charge is 0.162 e. The van der Waals surface area contributed by atoms with Gasteiger partial charge in [-0.1, -0.05) is 54.6 Å². The summed E-state index contributed by atoms with van der Waals surface area (Å²) in [7, 11) is 1.73. The van der Waals surface area contributed by atoms with Crippen molar-refractivity contribution in [2.75, 3.05) is 13.7 Å². The van der Waals surface area contributed by atoms with Gasteiger partial charge in [-0.3, -0.25) is 4.90 Å². The molecular formula is C31H28N2O2. The van der Waals surface area contributed by atoms with Gasteiger partial charge >= 0.3 is 0 Å². The number of H-pyrrole nitrogens is 1. The van der Waals surface area contributed by atoms with Crippen LogP contribution in [0.3, 0.4) is 0 Å². The third-order valence-corrected chi connectivity index (χ3v) is 7.76. The SMILES string of the molecule is COc1cc2c(cc1OCc1ccc3ccccc3c1)C1Cc3c([nH]c4ccccc34)CN1CC2. The molecule has 1 atom stereocenters. The highest BCUT2D eigenvalue weighted by atomic mass is 16.5. The van der Waals surface area contributed by atoms with Crippen LogP contribution < -0.4 is 9.47 Å². The normalized spacial score (nSPS) is 17.1. The number of aromatic amines is 1. The lowest BCUT2D eigenvalue weighted by atomic mass is 9.85. The summed E-state index contributed by atoms with van der Waals surface area (Å²) >= 11 is 0. The predicted octanol–water partition coefficient (Wildman–Crippen LogP) is 6.56. The van der Waals surface area contributed by atoms with Gasteiger partial charge in [-0.25, -0.2) is 0 Å². The van der Waals surface area contributed by atoms with Crippen molar-refractivity contribution in [1.82, 2.24) is 9.88 Å². The van der Waals surface area contributed by atoms with E-state index in [4.69, 9.17) is 9.47 Å². The number of nitrogens with zero attached hydrogens (tertiary/aromatic N) is 1. The van der Waals surface area contributed by atoms with Crippen LogP contribution in [0.5, 0.6) is 11.5 Å². The van der Waals surface area contributed by atoms with E-state index in [1.165, 1.54) is 44.1 Å². The topological polar surface area (TPSA) is 37.5 Å². The first-order chi connectivity index (χ1) is 17.3. The molecule has 0 bridgehead atoms. The van der Waals surface area contributed by atoms with Gasteiger partial charge in [-0.15, -0.1) is 0 Å². The quantitative estimate of drug-likeness (QED) is 0.330. The van der Waals surface area contributed by atoms with Crippen LogP contribution in [0.2, 0.25) is 0 Å². The van der Waals surface area contributed by atoms with E-state index in [-0.39, 0.29) is 0 Å². The van der Waals surface area contributed by atoms with Crippen molar-refractivity contribution in [2.45, 2.75) is 32.0 Å². The number of benzene rings is 4. The molecule has 35 heavy (non-hydrogen) atoms. The Hall–Kier alpha value is -3.76. The molecule has 1 N–H and O–H groups in total. The average molecular weight is 461 g/mol. The van der Waals surface area contributed by atoms with Crippen molar-refractivity contribution in [3.63, 3.8) is 0 Å². The van der Waals surface area contributed by atoms with E-state index in [2.05, 4.69) is 88.7 Å². The monoisotopic (exact) mass is 460 g/mol. The molecule has 4 heteroatoms. The van der Waals surface area contributed by atoms with Crippen LogP contribution in [0.25, 0.3) is 21.7 Å². The molecule has 1 unspecified atom stereocenters. The predicted molar refractivity (Wildman–Crippen MR) is 140 cm³/mol. The van der Waals surface area contributed by atoms with Crippen LogP contribution in [0.1, 0.15) is 34.0 Å². The Balaban J connectivity index is 1.22. The molecule has 2 aliphatic heterocycles. The Kier molecular flexibility index (Phi) is 4.81. The molecule has 7 rings (SSSR count). The zero-order chi connectivity index (χ0) is 23.4. The van der Waals surface area contributed by atoms with Gasteiger partial charge in [0.1, 0.15) is 6.61 Å². The number of para-hydroxylation sites is 1. The Morgan fingerprint density at radius 1 is 0.914 bits per heavy atom. The van der Waals surface area contributed by atoms with E-state index in [9.17, 15) is 0 Å². The fraction of sp³-hybridized carbons (Fsp3) is 0.226. The van der Waals surface area contributed by atoms with Crippen molar-refractivity contribution in [1.29, 1.82) is 0 Å². The van der Waals surface area contributed by atoms with Crippen molar-refractivity contribution >= 4 is 21.7 Å². The highest BCUT2D eigenvalue weighted by Gasteiger charge is 2.34. The van der Waals surface area contributed by atoms with Gasteiger partial charge in [0.2, 0.25) is 0 Å². The lowest BCUT2D eigenvalue weighted by Gasteiger charge is -2.40. The average Bonchev–Trinajstić information content (AvgIpc) is 3.27. The number of ether oxygens (including phenoxy) is 2. The summed E-state index contributed by atoms with van der Waals surface area (Å²) < 4.78 is 12.1. The van der Waals surface area contributed by atoms with E-state index in [0.717, 1.165) is 43.0 Å². The molecule has 0 fully saturated rings. The van der Waals surface area contributed by atoms with E-state index < -0.39 is 0 Å². The van der Waals surface area contributed by atoms with Crippen LogP contribution in [0.15, 0.2) is 78.9 Å². The fourth-order valence-corrected chi connectivity index (χ4v) is 5.97. The number of nitrogens with one attached hydrogen (secondary N) is 1. The lowest BCUT2D eigenvalue weighted by molar-refractivity contribution is 0.158. The van der Waals surface area contributed by atoms with Gasteiger partial charge in [-0.05, 0) is 70.1 Å². The van der Waals surface area contributed by atoms with Gasteiger partial charge in [0.05, 0.1) is 7.11 Å². The second-order valence-corrected chi connectivity index (χ2v) is 9.74. The molecule has 0 amide bonds. The first-order valence-corrected chi connectivity index (χ1v) is 12.4. The molecule has 0 aliphatic carbocycles. The third kappa shape index (κ3) is 3.48. The van der Waals surface area contributed by atoms with Crippen LogP contribution in [0.4, 0.5) is 0 Å². The maximum absolute atomic E-state index is 6.38. The van der Waals surface area contributed by atoms with E-state index in [1.807, 2.05) is 0 Å². The van der Waals surface area contributed by atoms with Crippen LogP contribution >= 0.6 is 0 Å². The summed E-state index contributed by atoms with van der Waals surface area (Å²) in [5.74, 6) is 1.65. The molecule has 5 aromatic rings. The Morgan fingerprint density at radius 3 is 2.69 bits per heavy atom. The molecule has 0 radical (unpaired) electrons. The van der Waals surface area contributed by atoms with Crippen molar-refractivity contribution in [2.24, 2.45) is 0 Å². The van der Waals surface area contributed by atoms with E-state index in [0.29, 0.717) is 12.6 Å². The minimum atomic E-state index is 0.361. The van der Waals surface area contributed by atoms with Crippen molar-refractivity contribution in [3.8, 4) is 11.5 Å². The number of hydrogen-bond donors (Lipinski definition) is 1. The maximum Gasteiger partial charge on any atom is 0.162 e. The Morgan fingerprint density at radius 2 is 1.77 bits per heavy atom. The molecule has 2 aliphatic rings. The Bertz CT molecular complexity index is 1570. The zero-order valence-electron chi connectivity index (χ0n) is 19.9. The van der Waals surface area contributed by atoms with Crippen molar-refractivity contribution in [3.05, 3.63) is 107 Å². The number of hydrogen-bond acceptors (Lipinski definition) is 3. The van der Waals surface area contributed by atoms with Gasteiger partial charge in [0.15, 0.2) is 11.5 Å². The highest BCUT2D eigenvalue weighted by Crippen LogP contribution is 2.44. The largest absolute Gasteiger partial charge is 0.493 e. The highest BCUT2D eigenvalue weighted by molar-refractivity contribution is 5.85. The van der Waals surface area contributed by atoms with Gasteiger partial charge in [0, 0.05) is 35.7 Å². The molecule has 174 valence electrons.